The minimum atomic E-state index is 0.195. The Morgan fingerprint density at radius 3 is 2.27 bits per heavy atom. The average molecular weight is 405 g/mol. The number of nitrogens with one attached hydrogen (secondary N) is 1. The smallest absolute Gasteiger partial charge is 0.119 e. The molecule has 0 aliphatic heterocycles. The Bertz CT molecular complexity index is 891. The molecular formula is C27H36N2O. The zero-order valence-corrected chi connectivity index (χ0v) is 18.8. The minimum Gasteiger partial charge on any atom is -0.494 e. The molecule has 160 valence electrons. The molecule has 0 atom stereocenters. The highest BCUT2D eigenvalue weighted by Gasteiger charge is 2.12. The molecule has 0 bridgehead atoms. The Hall–Kier alpha value is -2.55. The van der Waals surface area contributed by atoms with Gasteiger partial charge in [-0.15, -0.1) is 0 Å². The van der Waals surface area contributed by atoms with Crippen molar-refractivity contribution in [2.45, 2.75) is 64.7 Å². The molecule has 2 aromatic carbocycles. The van der Waals surface area contributed by atoms with Crippen molar-refractivity contribution in [1.29, 1.82) is 0 Å². The van der Waals surface area contributed by atoms with Crippen LogP contribution in [-0.4, -0.2) is 18.1 Å². The first kappa shape index (κ1) is 22.1. The van der Waals surface area contributed by atoms with Crippen molar-refractivity contribution in [3.8, 4) is 5.75 Å². The molecule has 0 amide bonds. The van der Waals surface area contributed by atoms with Crippen LogP contribution in [0.15, 0.2) is 60.8 Å². The molecule has 3 rings (SSSR count). The predicted octanol–water partition coefficient (Wildman–Crippen LogP) is 7.36. The molecule has 0 fully saturated rings. The van der Waals surface area contributed by atoms with Gasteiger partial charge in [0.05, 0.1) is 12.1 Å². The third-order valence-electron chi connectivity index (χ3n) is 5.52. The summed E-state index contributed by atoms with van der Waals surface area (Å²) in [6, 6.07) is 18.9. The monoisotopic (exact) mass is 404 g/mol. The lowest BCUT2D eigenvalue weighted by atomic mass is 9.87. The van der Waals surface area contributed by atoms with E-state index in [1.54, 1.807) is 0 Å². The molecule has 0 aliphatic rings. The van der Waals surface area contributed by atoms with Crippen LogP contribution < -0.4 is 10.1 Å². The van der Waals surface area contributed by atoms with Gasteiger partial charge in [0.1, 0.15) is 5.75 Å². The largest absolute Gasteiger partial charge is 0.494 e. The number of hydrogen-bond donors (Lipinski definition) is 1. The SMILES string of the molecule is CC(C)(C)c1ccc(OCCCCCCCCNc2ccnc3ccccc23)cc1. The Morgan fingerprint density at radius 1 is 0.800 bits per heavy atom. The number of fused-ring (bicyclic) bond motifs is 1. The molecule has 0 saturated carbocycles. The van der Waals surface area contributed by atoms with Crippen LogP contribution in [0.4, 0.5) is 5.69 Å². The highest BCUT2D eigenvalue weighted by molar-refractivity contribution is 5.90. The number of pyridine rings is 1. The van der Waals surface area contributed by atoms with Crippen LogP contribution in [0.5, 0.6) is 5.75 Å². The van der Waals surface area contributed by atoms with E-state index >= 15 is 0 Å². The van der Waals surface area contributed by atoms with E-state index in [9.17, 15) is 0 Å². The molecular weight excluding hydrogens is 368 g/mol. The van der Waals surface area contributed by atoms with Crippen molar-refractivity contribution in [1.82, 2.24) is 4.98 Å². The lowest BCUT2D eigenvalue weighted by molar-refractivity contribution is 0.304. The Labute approximate surface area is 181 Å². The van der Waals surface area contributed by atoms with E-state index in [1.807, 2.05) is 12.3 Å². The number of unbranched alkanes of at least 4 members (excludes halogenated alkanes) is 5. The highest BCUT2D eigenvalue weighted by atomic mass is 16.5. The molecule has 1 aromatic heterocycles. The van der Waals surface area contributed by atoms with Crippen molar-refractivity contribution < 1.29 is 4.74 Å². The molecule has 0 aliphatic carbocycles. The molecule has 3 aromatic rings. The summed E-state index contributed by atoms with van der Waals surface area (Å²) >= 11 is 0. The summed E-state index contributed by atoms with van der Waals surface area (Å²) in [5.41, 5.74) is 3.78. The van der Waals surface area contributed by atoms with Gasteiger partial charge < -0.3 is 10.1 Å². The summed E-state index contributed by atoms with van der Waals surface area (Å²) in [5, 5.41) is 4.77. The van der Waals surface area contributed by atoms with E-state index in [-0.39, 0.29) is 5.41 Å². The molecule has 3 heteroatoms. The summed E-state index contributed by atoms with van der Waals surface area (Å²) in [4.78, 5) is 4.42. The number of nitrogens with zero attached hydrogens (tertiary/aromatic N) is 1. The van der Waals surface area contributed by atoms with Gasteiger partial charge in [-0.3, -0.25) is 4.98 Å². The van der Waals surface area contributed by atoms with Gasteiger partial charge in [-0.2, -0.15) is 0 Å². The Balaban J connectivity index is 1.22. The van der Waals surface area contributed by atoms with Gasteiger partial charge in [0, 0.05) is 23.8 Å². The third-order valence-corrected chi connectivity index (χ3v) is 5.52. The second-order valence-corrected chi connectivity index (χ2v) is 9.05. The summed E-state index contributed by atoms with van der Waals surface area (Å²) in [5.74, 6) is 0.984. The Morgan fingerprint density at radius 2 is 1.50 bits per heavy atom. The van der Waals surface area contributed by atoms with Gasteiger partial charge >= 0.3 is 0 Å². The van der Waals surface area contributed by atoms with Crippen LogP contribution in [0.1, 0.15) is 64.9 Å². The maximum atomic E-state index is 5.89. The quantitative estimate of drug-likeness (QED) is 0.339. The molecule has 0 spiro atoms. The van der Waals surface area contributed by atoms with Crippen LogP contribution in [0.25, 0.3) is 10.9 Å². The van der Waals surface area contributed by atoms with Gasteiger partial charge in [-0.25, -0.2) is 0 Å². The minimum absolute atomic E-state index is 0.195. The molecule has 0 saturated heterocycles. The van der Waals surface area contributed by atoms with E-state index in [1.165, 1.54) is 48.7 Å². The van der Waals surface area contributed by atoms with Gasteiger partial charge in [0.25, 0.3) is 0 Å². The standard InChI is InChI=1S/C27H36N2O/c1-27(2,3)22-14-16-23(17-15-22)30-21-11-7-5-4-6-10-19-28-26-18-20-29-25-13-9-8-12-24(25)26/h8-9,12-18,20H,4-7,10-11,19,21H2,1-3H3,(H,28,29). The third kappa shape index (κ3) is 6.76. The molecule has 1 heterocycles. The van der Waals surface area contributed by atoms with Crippen molar-refractivity contribution in [3.05, 3.63) is 66.4 Å². The van der Waals surface area contributed by atoms with Crippen molar-refractivity contribution in [2.24, 2.45) is 0 Å². The lowest BCUT2D eigenvalue weighted by Gasteiger charge is -2.19. The van der Waals surface area contributed by atoms with Crippen molar-refractivity contribution in [3.63, 3.8) is 0 Å². The maximum Gasteiger partial charge on any atom is 0.119 e. The van der Waals surface area contributed by atoms with E-state index in [0.29, 0.717) is 0 Å². The van der Waals surface area contributed by atoms with E-state index in [0.717, 1.165) is 30.8 Å². The fraction of sp³-hybridized carbons (Fsp3) is 0.444. The zero-order valence-electron chi connectivity index (χ0n) is 18.8. The second kappa shape index (κ2) is 11.0. The molecule has 0 radical (unpaired) electrons. The zero-order chi connectivity index (χ0) is 21.2. The van der Waals surface area contributed by atoms with E-state index in [4.69, 9.17) is 4.74 Å². The first-order valence-electron chi connectivity index (χ1n) is 11.3. The Kier molecular flexibility index (Phi) is 8.12. The average Bonchev–Trinajstić information content (AvgIpc) is 2.75. The van der Waals surface area contributed by atoms with Crippen LogP contribution in [0.3, 0.4) is 0 Å². The normalized spacial score (nSPS) is 11.6. The highest BCUT2D eigenvalue weighted by Crippen LogP contribution is 2.24. The lowest BCUT2D eigenvalue weighted by Crippen LogP contribution is -2.10. The van der Waals surface area contributed by atoms with E-state index in [2.05, 4.69) is 79.6 Å². The number of ether oxygens (including phenoxy) is 1. The van der Waals surface area contributed by atoms with Gasteiger partial charge in [-0.1, -0.05) is 76.8 Å². The van der Waals surface area contributed by atoms with Crippen LogP contribution in [-0.2, 0) is 5.41 Å². The summed E-state index contributed by atoms with van der Waals surface area (Å²) in [6.45, 7) is 8.54. The fourth-order valence-corrected chi connectivity index (χ4v) is 3.65. The summed E-state index contributed by atoms with van der Waals surface area (Å²) < 4.78 is 5.89. The number of para-hydroxylation sites is 1. The van der Waals surface area contributed by atoms with Gasteiger partial charge in [-0.05, 0) is 48.1 Å². The van der Waals surface area contributed by atoms with E-state index < -0.39 is 0 Å². The van der Waals surface area contributed by atoms with Crippen LogP contribution >= 0.6 is 0 Å². The van der Waals surface area contributed by atoms with Crippen LogP contribution in [0.2, 0.25) is 0 Å². The number of hydrogen-bond acceptors (Lipinski definition) is 3. The number of benzene rings is 2. The van der Waals surface area contributed by atoms with Crippen LogP contribution in [0, 0.1) is 0 Å². The molecule has 30 heavy (non-hydrogen) atoms. The van der Waals surface area contributed by atoms with Gasteiger partial charge in [0.15, 0.2) is 0 Å². The topological polar surface area (TPSA) is 34.1 Å². The summed E-state index contributed by atoms with van der Waals surface area (Å²) in [6.07, 6.45) is 9.29. The molecule has 3 nitrogen and oxygen atoms in total. The first-order chi connectivity index (χ1) is 14.5. The maximum absolute atomic E-state index is 5.89. The predicted molar refractivity (Wildman–Crippen MR) is 129 cm³/mol. The van der Waals surface area contributed by atoms with Gasteiger partial charge in [0.2, 0.25) is 0 Å². The fourth-order valence-electron chi connectivity index (χ4n) is 3.65. The number of rotatable bonds is 11. The molecule has 0 unspecified atom stereocenters. The number of anilines is 1. The number of aromatic nitrogens is 1. The van der Waals surface area contributed by atoms with Crippen molar-refractivity contribution in [2.75, 3.05) is 18.5 Å². The summed E-state index contributed by atoms with van der Waals surface area (Å²) in [7, 11) is 0. The molecule has 1 N–H and O–H groups in total. The second-order valence-electron chi connectivity index (χ2n) is 9.05. The first-order valence-corrected chi connectivity index (χ1v) is 11.3. The van der Waals surface area contributed by atoms with Crippen molar-refractivity contribution >= 4 is 16.6 Å².